The predicted octanol–water partition coefficient (Wildman–Crippen LogP) is 4.71. The van der Waals surface area contributed by atoms with Crippen molar-refractivity contribution in [3.8, 4) is 27.6 Å². The van der Waals surface area contributed by atoms with Gasteiger partial charge in [0.2, 0.25) is 0 Å². The molecule has 110 valence electrons. The van der Waals surface area contributed by atoms with Crippen LogP contribution in [0.25, 0.3) is 21.8 Å². The van der Waals surface area contributed by atoms with Crippen molar-refractivity contribution in [2.24, 2.45) is 0 Å². The van der Waals surface area contributed by atoms with E-state index < -0.39 is 0 Å². The molecule has 0 unspecified atom stereocenters. The fourth-order valence-electron chi connectivity index (χ4n) is 2.20. The molecule has 3 nitrogen and oxygen atoms in total. The lowest BCUT2D eigenvalue weighted by Crippen LogP contribution is -2.02. The Bertz CT molecular complexity index is 809. The molecule has 3 aromatic rings. The average molecular weight is 309 g/mol. The van der Waals surface area contributed by atoms with Crippen LogP contribution >= 0.6 is 11.3 Å². The van der Waals surface area contributed by atoms with Gasteiger partial charge < -0.3 is 4.74 Å². The van der Waals surface area contributed by atoms with E-state index in [0.29, 0.717) is 5.75 Å². The van der Waals surface area contributed by atoms with Gasteiger partial charge in [0, 0.05) is 23.4 Å². The third-order valence-electron chi connectivity index (χ3n) is 3.19. The second-order valence-corrected chi connectivity index (χ2v) is 5.86. The van der Waals surface area contributed by atoms with Crippen LogP contribution in [-0.4, -0.2) is 11.0 Å². The van der Waals surface area contributed by atoms with Crippen molar-refractivity contribution < 1.29 is 9.53 Å². The van der Waals surface area contributed by atoms with Crippen molar-refractivity contribution >= 4 is 17.3 Å². The summed E-state index contributed by atoms with van der Waals surface area (Å²) in [6.45, 7) is 3.41. The highest BCUT2D eigenvalue weighted by Crippen LogP contribution is 2.34. The number of ether oxygens (including phenoxy) is 1. The highest BCUT2D eigenvalue weighted by Gasteiger charge is 2.13. The Balaban J connectivity index is 2.03. The quantitative estimate of drug-likeness (QED) is 0.519. The molecule has 0 saturated heterocycles. The number of thiazole rings is 1. The van der Waals surface area contributed by atoms with E-state index in [1.807, 2.05) is 60.8 Å². The van der Waals surface area contributed by atoms with Gasteiger partial charge in [-0.2, -0.15) is 0 Å². The van der Waals surface area contributed by atoms with Crippen molar-refractivity contribution in [1.82, 2.24) is 4.98 Å². The first-order chi connectivity index (χ1) is 10.6. The van der Waals surface area contributed by atoms with E-state index in [9.17, 15) is 4.79 Å². The van der Waals surface area contributed by atoms with Crippen LogP contribution in [0.1, 0.15) is 12.5 Å². The fourth-order valence-corrected chi connectivity index (χ4v) is 3.02. The number of aromatic nitrogens is 1. The zero-order chi connectivity index (χ0) is 15.5. The summed E-state index contributed by atoms with van der Waals surface area (Å²) in [7, 11) is 0. The predicted molar refractivity (Wildman–Crippen MR) is 89.0 cm³/mol. The van der Waals surface area contributed by atoms with Crippen LogP contribution in [0.4, 0.5) is 0 Å². The first-order valence-electron chi connectivity index (χ1n) is 6.94. The fraction of sp³-hybridized carbons (Fsp3) is 0.111. The van der Waals surface area contributed by atoms with Crippen molar-refractivity contribution in [2.45, 2.75) is 13.8 Å². The molecule has 4 heteroatoms. The van der Waals surface area contributed by atoms with Gasteiger partial charge in [0.15, 0.2) is 0 Å². The van der Waals surface area contributed by atoms with Crippen LogP contribution in [0, 0.1) is 6.92 Å². The topological polar surface area (TPSA) is 39.2 Å². The summed E-state index contributed by atoms with van der Waals surface area (Å²) in [5.74, 6) is 0.214. The molecule has 0 fully saturated rings. The number of hydrogen-bond donors (Lipinski definition) is 0. The number of aryl methyl sites for hydroxylation is 1. The maximum atomic E-state index is 11.3. The van der Waals surface area contributed by atoms with Crippen LogP contribution < -0.4 is 4.74 Å². The van der Waals surface area contributed by atoms with Crippen molar-refractivity contribution in [2.75, 3.05) is 0 Å². The average Bonchev–Trinajstić information content (AvgIpc) is 2.99. The van der Waals surface area contributed by atoms with Gasteiger partial charge in [0.05, 0.1) is 5.69 Å². The Kier molecular flexibility index (Phi) is 4.02. The summed E-state index contributed by atoms with van der Waals surface area (Å²) in [6.07, 6.45) is 0. The molecular formula is C18H15NO2S. The molecule has 0 N–H and O–H groups in total. The van der Waals surface area contributed by atoms with Crippen molar-refractivity contribution in [3.63, 3.8) is 0 Å². The van der Waals surface area contributed by atoms with E-state index in [1.54, 1.807) is 11.3 Å². The summed E-state index contributed by atoms with van der Waals surface area (Å²) < 4.78 is 5.30. The molecular weight excluding hydrogens is 294 g/mol. The number of carbonyl (C=O) groups excluding carboxylic acids is 1. The molecule has 1 heterocycles. The minimum Gasteiger partial charge on any atom is -0.426 e. The largest absolute Gasteiger partial charge is 0.426 e. The molecule has 22 heavy (non-hydrogen) atoms. The normalized spacial score (nSPS) is 10.5. The molecule has 0 radical (unpaired) electrons. The summed E-state index contributed by atoms with van der Waals surface area (Å²) in [5, 5.41) is 2.94. The minimum atomic E-state index is -0.330. The maximum absolute atomic E-state index is 11.3. The van der Waals surface area contributed by atoms with E-state index in [4.69, 9.17) is 4.74 Å². The van der Waals surface area contributed by atoms with E-state index in [1.165, 1.54) is 6.92 Å². The molecule has 2 aromatic carbocycles. The molecule has 0 bridgehead atoms. The summed E-state index contributed by atoms with van der Waals surface area (Å²) in [6, 6.07) is 15.8. The Hall–Kier alpha value is -2.46. The molecule has 0 spiro atoms. The van der Waals surface area contributed by atoms with Gasteiger partial charge in [-0.15, -0.1) is 11.3 Å². The molecule has 0 aliphatic heterocycles. The molecule has 3 rings (SSSR count). The van der Waals surface area contributed by atoms with Crippen molar-refractivity contribution in [3.05, 3.63) is 59.5 Å². The lowest BCUT2D eigenvalue weighted by molar-refractivity contribution is -0.131. The van der Waals surface area contributed by atoms with Gasteiger partial charge in [-0.3, -0.25) is 4.79 Å². The number of carbonyl (C=O) groups is 1. The second kappa shape index (κ2) is 6.12. The lowest BCUT2D eigenvalue weighted by Gasteiger charge is -2.08. The molecule has 0 saturated carbocycles. The second-order valence-electron chi connectivity index (χ2n) is 5.00. The van der Waals surface area contributed by atoms with E-state index in [2.05, 4.69) is 4.98 Å². The molecule has 1 aromatic heterocycles. The SMILES string of the molecule is CC(=O)Oc1ccc(C)cc1-c1csc(-c2ccccc2)n1. The third-order valence-corrected chi connectivity index (χ3v) is 4.08. The number of esters is 1. The van der Waals surface area contributed by atoms with E-state index >= 15 is 0 Å². The number of nitrogens with zero attached hydrogens (tertiary/aromatic N) is 1. The zero-order valence-corrected chi connectivity index (χ0v) is 13.2. The van der Waals surface area contributed by atoms with Crippen LogP contribution in [0.3, 0.4) is 0 Å². The van der Waals surface area contributed by atoms with E-state index in [0.717, 1.165) is 27.4 Å². The third kappa shape index (κ3) is 3.07. The Morgan fingerprint density at radius 2 is 1.91 bits per heavy atom. The van der Waals surface area contributed by atoms with Crippen LogP contribution in [-0.2, 0) is 4.79 Å². The highest BCUT2D eigenvalue weighted by atomic mass is 32.1. The standard InChI is InChI=1S/C18H15NO2S/c1-12-8-9-17(21-13(2)20)15(10-12)16-11-22-18(19-16)14-6-4-3-5-7-14/h3-11H,1-2H3. The highest BCUT2D eigenvalue weighted by molar-refractivity contribution is 7.13. The van der Waals surface area contributed by atoms with Gasteiger partial charge in [0.25, 0.3) is 0 Å². The van der Waals surface area contributed by atoms with E-state index in [-0.39, 0.29) is 5.97 Å². The van der Waals surface area contributed by atoms with Gasteiger partial charge >= 0.3 is 5.97 Å². The van der Waals surface area contributed by atoms with Crippen LogP contribution in [0.2, 0.25) is 0 Å². The smallest absolute Gasteiger partial charge is 0.308 e. The minimum absolute atomic E-state index is 0.330. The monoisotopic (exact) mass is 309 g/mol. The van der Waals surface area contributed by atoms with Gasteiger partial charge in [0.1, 0.15) is 10.8 Å². The van der Waals surface area contributed by atoms with Crippen molar-refractivity contribution in [1.29, 1.82) is 0 Å². The molecule has 0 aliphatic rings. The summed E-state index contributed by atoms with van der Waals surface area (Å²) in [4.78, 5) is 16.0. The molecule has 0 amide bonds. The van der Waals surface area contributed by atoms with Crippen LogP contribution in [0.5, 0.6) is 5.75 Å². The lowest BCUT2D eigenvalue weighted by atomic mass is 10.1. The number of benzene rings is 2. The Morgan fingerprint density at radius 1 is 1.14 bits per heavy atom. The first kappa shape index (κ1) is 14.5. The summed E-state index contributed by atoms with van der Waals surface area (Å²) in [5.41, 5.74) is 3.85. The zero-order valence-electron chi connectivity index (χ0n) is 12.4. The van der Waals surface area contributed by atoms with Gasteiger partial charge in [-0.1, -0.05) is 42.0 Å². The maximum Gasteiger partial charge on any atom is 0.308 e. The molecule has 0 atom stereocenters. The number of hydrogen-bond acceptors (Lipinski definition) is 4. The first-order valence-corrected chi connectivity index (χ1v) is 7.82. The Morgan fingerprint density at radius 3 is 2.64 bits per heavy atom. The number of rotatable bonds is 3. The molecule has 0 aliphatic carbocycles. The van der Waals surface area contributed by atoms with Gasteiger partial charge in [-0.05, 0) is 19.1 Å². The Labute approximate surface area is 133 Å². The summed E-state index contributed by atoms with van der Waals surface area (Å²) >= 11 is 1.58. The van der Waals surface area contributed by atoms with Gasteiger partial charge in [-0.25, -0.2) is 4.98 Å². The van der Waals surface area contributed by atoms with Crippen LogP contribution in [0.15, 0.2) is 53.9 Å².